The minimum atomic E-state index is -1.55. The van der Waals surface area contributed by atoms with E-state index in [9.17, 15) is 0 Å². The van der Waals surface area contributed by atoms with Crippen LogP contribution in [-0.2, 0) is 28.0 Å². The van der Waals surface area contributed by atoms with Gasteiger partial charge in [-0.1, -0.05) is 6.92 Å². The maximum absolute atomic E-state index is 8.85. The van der Waals surface area contributed by atoms with Crippen LogP contribution in [0, 0.1) is 24.8 Å². The highest BCUT2D eigenvalue weighted by molar-refractivity contribution is 7.44. The van der Waals surface area contributed by atoms with Crippen LogP contribution in [0.15, 0.2) is 12.7 Å². The monoisotopic (exact) mass is 591 g/mol. The molecule has 0 N–H and O–H groups in total. The normalized spacial score (nSPS) is 22.4. The molecule has 41 heavy (non-hydrogen) atoms. The van der Waals surface area contributed by atoms with Gasteiger partial charge in [-0.05, 0) is 48.0 Å². The van der Waals surface area contributed by atoms with E-state index in [0.717, 1.165) is 5.69 Å². The lowest BCUT2D eigenvalue weighted by Gasteiger charge is -2.38. The van der Waals surface area contributed by atoms with Gasteiger partial charge in [0.25, 0.3) is 8.53 Å². The predicted molar refractivity (Wildman–Crippen MR) is 152 cm³/mol. The summed E-state index contributed by atoms with van der Waals surface area (Å²) in [6.45, 7) is 21.7. The second-order valence-corrected chi connectivity index (χ2v) is 11.7. The topological polar surface area (TPSA) is 130 Å². The standard InChI is InChI=1S/C27H42N7O6P/c1-9-22-24(40-41(38-13-12-29-8)34(18(2)3)19(4)5)25(37-17-35-16-36-20(6)10-11-28)27(39-22)33-15-32-23-21(7)30-14-31-26(23)33/h14-15,18-20,22,24-25,27H,9-10,12-13,16-17H2,1-7H3/t20?,22-,24?,25+,27-,41?/m1/s1. The van der Waals surface area contributed by atoms with Gasteiger partial charge in [-0.15, -0.1) is 0 Å². The van der Waals surface area contributed by atoms with Crippen molar-refractivity contribution in [1.82, 2.24) is 24.2 Å². The van der Waals surface area contributed by atoms with Crippen LogP contribution in [0.4, 0.5) is 0 Å². The van der Waals surface area contributed by atoms with Crippen LogP contribution in [0.1, 0.15) is 66.3 Å². The summed E-state index contributed by atoms with van der Waals surface area (Å²) >= 11 is 0. The number of nitrogens with zero attached hydrogens (tertiary/aromatic N) is 7. The van der Waals surface area contributed by atoms with Crippen LogP contribution in [0.2, 0.25) is 0 Å². The zero-order chi connectivity index (χ0) is 29.9. The molecule has 3 rings (SSSR count). The number of nitriles is 1. The molecule has 14 heteroatoms. The van der Waals surface area contributed by atoms with E-state index in [1.54, 1.807) is 6.33 Å². The maximum Gasteiger partial charge on any atom is 0.259 e. The fourth-order valence-electron chi connectivity index (χ4n) is 4.63. The van der Waals surface area contributed by atoms with Crippen molar-refractivity contribution in [2.75, 3.05) is 26.7 Å². The second-order valence-electron chi connectivity index (χ2n) is 10.3. The lowest BCUT2D eigenvalue weighted by molar-refractivity contribution is -0.181. The fraction of sp³-hybridized carbons (Fsp3) is 0.741. The molecule has 1 saturated heterocycles. The first kappa shape index (κ1) is 33.2. The van der Waals surface area contributed by atoms with E-state index in [1.165, 1.54) is 6.33 Å². The SMILES string of the molecule is [C-]#[N+]CCOP(OC1[C@@H](CC)O[C@@H](n2cnc3c(C)ncnc32)[C@H]1OCOCOC(C)CC#N)N(C(C)C)C(C)C. The maximum atomic E-state index is 8.85. The summed E-state index contributed by atoms with van der Waals surface area (Å²) in [5.41, 5.74) is 2.07. The van der Waals surface area contributed by atoms with Crippen LogP contribution in [-0.4, -0.2) is 87.4 Å². The number of imidazole rings is 1. The third-order valence-electron chi connectivity index (χ3n) is 6.53. The molecule has 0 bridgehead atoms. The van der Waals surface area contributed by atoms with Crippen LogP contribution in [0.25, 0.3) is 16.0 Å². The Kier molecular flexibility index (Phi) is 13.2. The largest absolute Gasteiger partial charge is 0.351 e. The highest BCUT2D eigenvalue weighted by Gasteiger charge is 2.49. The molecule has 0 aromatic carbocycles. The van der Waals surface area contributed by atoms with E-state index in [0.29, 0.717) is 17.6 Å². The van der Waals surface area contributed by atoms with Crippen molar-refractivity contribution in [3.63, 3.8) is 0 Å². The van der Waals surface area contributed by atoms with Crippen molar-refractivity contribution in [2.45, 2.75) is 104 Å². The van der Waals surface area contributed by atoms with Crippen molar-refractivity contribution >= 4 is 19.7 Å². The van der Waals surface area contributed by atoms with Crippen LogP contribution in [0.3, 0.4) is 0 Å². The summed E-state index contributed by atoms with van der Waals surface area (Å²) in [6.07, 6.45) is 1.79. The highest BCUT2D eigenvalue weighted by atomic mass is 31.2. The molecule has 6 atom stereocenters. The first-order valence-electron chi connectivity index (χ1n) is 13.9. The highest BCUT2D eigenvalue weighted by Crippen LogP contribution is 2.51. The molecule has 3 heterocycles. The molecular formula is C27H42N7O6P. The Morgan fingerprint density at radius 1 is 1.17 bits per heavy atom. The molecule has 0 aliphatic carbocycles. The van der Waals surface area contributed by atoms with Gasteiger partial charge in [-0.25, -0.2) is 26.2 Å². The first-order chi connectivity index (χ1) is 19.7. The smallest absolute Gasteiger partial charge is 0.259 e. The minimum Gasteiger partial charge on any atom is -0.351 e. The lowest BCUT2D eigenvalue weighted by atomic mass is 10.1. The number of hydrogen-bond donors (Lipinski definition) is 0. The molecular weight excluding hydrogens is 549 g/mol. The fourth-order valence-corrected chi connectivity index (χ4v) is 6.39. The summed E-state index contributed by atoms with van der Waals surface area (Å²) in [5.74, 6) is 0. The van der Waals surface area contributed by atoms with E-state index in [4.69, 9.17) is 39.8 Å². The van der Waals surface area contributed by atoms with Gasteiger partial charge in [0.1, 0.15) is 44.2 Å². The zero-order valence-electron chi connectivity index (χ0n) is 25.0. The van der Waals surface area contributed by atoms with Crippen LogP contribution < -0.4 is 0 Å². The van der Waals surface area contributed by atoms with Crippen LogP contribution >= 0.6 is 8.53 Å². The average Bonchev–Trinajstić information content (AvgIpc) is 3.50. The average molecular weight is 592 g/mol. The van der Waals surface area contributed by atoms with Gasteiger partial charge in [-0.2, -0.15) is 5.26 Å². The van der Waals surface area contributed by atoms with Crippen molar-refractivity contribution in [2.24, 2.45) is 0 Å². The van der Waals surface area contributed by atoms with Crippen molar-refractivity contribution in [3.8, 4) is 6.07 Å². The Bertz CT molecular complexity index is 1160. The molecule has 226 valence electrons. The Labute approximate surface area is 243 Å². The summed E-state index contributed by atoms with van der Waals surface area (Å²) in [4.78, 5) is 16.7. The number of aryl methyl sites for hydroxylation is 1. The molecule has 0 spiro atoms. The lowest BCUT2D eigenvalue weighted by Crippen LogP contribution is -2.40. The number of aromatic nitrogens is 4. The Morgan fingerprint density at radius 2 is 1.93 bits per heavy atom. The van der Waals surface area contributed by atoms with E-state index in [-0.39, 0.29) is 57.4 Å². The van der Waals surface area contributed by atoms with E-state index in [2.05, 4.69) is 58.2 Å². The van der Waals surface area contributed by atoms with Crippen molar-refractivity contribution < 1.29 is 28.0 Å². The molecule has 0 saturated carbocycles. The Hall–Kier alpha value is -2.32. The van der Waals surface area contributed by atoms with E-state index < -0.39 is 27.0 Å². The molecule has 1 fully saturated rings. The molecule has 3 unspecified atom stereocenters. The summed E-state index contributed by atoms with van der Waals surface area (Å²) < 4.78 is 41.0. The molecule has 0 radical (unpaired) electrons. The molecule has 0 amide bonds. The molecule has 13 nitrogen and oxygen atoms in total. The van der Waals surface area contributed by atoms with Gasteiger partial charge in [-0.3, -0.25) is 4.57 Å². The van der Waals surface area contributed by atoms with Gasteiger partial charge >= 0.3 is 0 Å². The number of fused-ring (bicyclic) bond motifs is 1. The van der Waals surface area contributed by atoms with Gasteiger partial charge in [0, 0.05) is 12.1 Å². The zero-order valence-corrected chi connectivity index (χ0v) is 25.9. The Morgan fingerprint density at radius 3 is 2.59 bits per heavy atom. The second kappa shape index (κ2) is 16.4. The molecule has 1 aliphatic heterocycles. The molecule has 2 aromatic heterocycles. The Balaban J connectivity index is 1.90. The van der Waals surface area contributed by atoms with E-state index >= 15 is 0 Å². The van der Waals surface area contributed by atoms with Crippen molar-refractivity contribution in [1.29, 1.82) is 5.26 Å². The number of ether oxygens (including phenoxy) is 4. The third-order valence-corrected chi connectivity index (χ3v) is 8.65. The third kappa shape index (κ3) is 8.60. The summed E-state index contributed by atoms with van der Waals surface area (Å²) in [5, 5.41) is 8.85. The quantitative estimate of drug-likeness (QED) is 0.109. The molecule has 1 aliphatic rings. The van der Waals surface area contributed by atoms with Crippen LogP contribution in [0.5, 0.6) is 0 Å². The first-order valence-corrected chi connectivity index (χ1v) is 15.0. The van der Waals surface area contributed by atoms with Gasteiger partial charge in [0.15, 0.2) is 11.9 Å². The summed E-state index contributed by atoms with van der Waals surface area (Å²) in [6, 6.07) is 2.35. The van der Waals surface area contributed by atoms with Crippen molar-refractivity contribution in [3.05, 3.63) is 29.8 Å². The predicted octanol–water partition coefficient (Wildman–Crippen LogP) is 4.74. The van der Waals surface area contributed by atoms with Gasteiger partial charge in [0.05, 0.1) is 36.7 Å². The van der Waals surface area contributed by atoms with Gasteiger partial charge in [0.2, 0.25) is 6.54 Å². The minimum absolute atomic E-state index is 0.0227. The van der Waals surface area contributed by atoms with E-state index in [1.807, 2.05) is 25.3 Å². The molecule has 2 aromatic rings. The number of hydrogen-bond acceptors (Lipinski definition) is 11. The number of rotatable bonds is 17. The summed E-state index contributed by atoms with van der Waals surface area (Å²) in [7, 11) is -1.55. The van der Waals surface area contributed by atoms with Gasteiger partial charge < -0.3 is 32.8 Å².